The van der Waals surface area contributed by atoms with E-state index >= 15 is 0 Å². The van der Waals surface area contributed by atoms with Crippen LogP contribution in [-0.2, 0) is 33.3 Å². The molecule has 6 aromatic carbocycles. The number of ether oxygens (including phenoxy) is 2. The van der Waals surface area contributed by atoms with Crippen LogP contribution >= 0.6 is 20.4 Å². The fraction of sp³-hybridized carbons (Fsp3) is 0.116. The second-order valence-electron chi connectivity index (χ2n) is 12.0. The van der Waals surface area contributed by atoms with E-state index in [1.54, 1.807) is 0 Å². The maximum atomic E-state index is 7.16. The maximum Gasteiger partial charge on any atom is 0.195 e. The van der Waals surface area contributed by atoms with Gasteiger partial charge in [0.2, 0.25) is 0 Å². The molecule has 0 aromatic heterocycles. The molecule has 2 aliphatic heterocycles. The second-order valence-corrected chi connectivity index (χ2v) is 13.7. The molecule has 0 unspecified atom stereocenters. The van der Waals surface area contributed by atoms with Gasteiger partial charge in [-0.25, -0.2) is 9.98 Å². The van der Waals surface area contributed by atoms with Gasteiger partial charge in [0.15, 0.2) is 23.0 Å². The van der Waals surface area contributed by atoms with Crippen molar-refractivity contribution in [3.8, 4) is 0 Å². The first-order chi connectivity index (χ1) is 24.7. The number of hydrogen-bond acceptors (Lipinski definition) is 4. The summed E-state index contributed by atoms with van der Waals surface area (Å²) in [5.41, 5.74) is 4.58. The Kier molecular flexibility index (Phi) is 10.5. The van der Waals surface area contributed by atoms with Gasteiger partial charge in [-0.05, 0) is 11.1 Å². The summed E-state index contributed by atoms with van der Waals surface area (Å²) in [6.07, 6.45) is 0.315. The summed E-state index contributed by atoms with van der Waals surface area (Å²) < 4.78 is 14.3. The van der Waals surface area contributed by atoms with Crippen LogP contribution in [0.2, 0.25) is 0 Å². The minimum absolute atomic E-state index is 0.315. The van der Waals surface area contributed by atoms with Crippen molar-refractivity contribution in [2.45, 2.75) is 29.7 Å². The van der Waals surface area contributed by atoms with Crippen LogP contribution in [0.5, 0.6) is 0 Å². The predicted octanol–water partition coefficient (Wildman–Crippen LogP) is 11.0. The van der Waals surface area contributed by atoms with Gasteiger partial charge in [0.25, 0.3) is 0 Å². The van der Waals surface area contributed by atoms with Crippen LogP contribution in [-0.4, -0.2) is 11.8 Å². The van der Waals surface area contributed by atoms with E-state index in [1.165, 1.54) is 0 Å². The van der Waals surface area contributed by atoms with E-state index in [-0.39, 0.29) is 12.1 Å². The van der Waals surface area contributed by atoms with Crippen molar-refractivity contribution >= 4 is 32.2 Å². The fourth-order valence-electron chi connectivity index (χ4n) is 7.13. The van der Waals surface area contributed by atoms with Gasteiger partial charge in [-0.1, -0.05) is 182 Å². The van der Waals surface area contributed by atoms with Crippen LogP contribution in [0.1, 0.15) is 51.9 Å². The van der Waals surface area contributed by atoms with Crippen LogP contribution in [0, 0.1) is 0 Å². The van der Waals surface area contributed by atoms with Crippen molar-refractivity contribution < 1.29 is 22.1 Å². The van der Waals surface area contributed by atoms with Gasteiger partial charge in [-0.2, -0.15) is 0 Å². The van der Waals surface area contributed by atoms with Crippen LogP contribution in [0.15, 0.2) is 192 Å². The monoisotopic (exact) mass is 738 g/mol. The van der Waals surface area contributed by atoms with Gasteiger partial charge in [0.05, 0.1) is 6.42 Å². The van der Waals surface area contributed by atoms with Gasteiger partial charge >= 0.3 is 33.0 Å². The number of aliphatic imine (C=N–C) groups is 2. The van der Waals surface area contributed by atoms with E-state index in [2.05, 4.69) is 146 Å². The molecule has 50 heavy (non-hydrogen) atoms. The van der Waals surface area contributed by atoms with E-state index < -0.39 is 11.2 Å². The van der Waals surface area contributed by atoms with Crippen molar-refractivity contribution in [3.05, 3.63) is 215 Å². The van der Waals surface area contributed by atoms with Crippen molar-refractivity contribution in [3.63, 3.8) is 0 Å². The molecule has 8 rings (SSSR count). The Hall–Kier alpha value is -4.67. The molecule has 0 fully saturated rings. The summed E-state index contributed by atoms with van der Waals surface area (Å²) in [6.45, 7) is 0. The zero-order valence-electron chi connectivity index (χ0n) is 27.0. The first-order valence-corrected chi connectivity index (χ1v) is 19.1. The average molecular weight is 740 g/mol. The van der Waals surface area contributed by atoms with Gasteiger partial charge < -0.3 is 9.47 Å². The molecule has 0 bridgehead atoms. The molecule has 2 atom stereocenters. The van der Waals surface area contributed by atoms with E-state index in [0.717, 1.165) is 33.4 Å². The Labute approximate surface area is 307 Å². The normalized spacial score (nSPS) is 18.5. The molecule has 7 heteroatoms. The molecule has 0 saturated heterocycles. The molecule has 0 saturated carbocycles. The Morgan fingerprint density at radius 1 is 0.420 bits per heavy atom. The predicted molar refractivity (Wildman–Crippen MR) is 199 cm³/mol. The molecule has 0 spiro atoms. The molecular weight excluding hydrogens is 706 g/mol. The smallest absolute Gasteiger partial charge is 0.195 e. The summed E-state index contributed by atoms with van der Waals surface area (Å²) in [4.78, 5) is 10.7. The third kappa shape index (κ3) is 6.50. The topological polar surface area (TPSA) is 43.2 Å². The van der Waals surface area contributed by atoms with Crippen molar-refractivity contribution in [1.29, 1.82) is 0 Å². The standard InChI is InChI=1S/C43H34N2O2.2ClH.Ni/c1-7-19-32(20-8-1)40-42(34-23-11-3-12-24-34,35-25-13-4-14-26-35)46-38(44-40)31-39-45-41(33-21-9-2-10-22-33)43(47-39,36-27-15-5-16-28-36)37-29-17-6-18-30-37;;;/h1-30,40-41H,31H2;2*1H;/q;;;+2/p-2/t40-,41-;;;/m1.../s1. The molecule has 252 valence electrons. The number of hydrogen-bond donors (Lipinski definition) is 0. The Morgan fingerprint density at radius 2 is 0.660 bits per heavy atom. The molecule has 0 radical (unpaired) electrons. The third-order valence-electron chi connectivity index (χ3n) is 9.22. The maximum absolute atomic E-state index is 7.16. The number of benzene rings is 6. The molecule has 0 N–H and O–H groups in total. The van der Waals surface area contributed by atoms with Crippen LogP contribution in [0.25, 0.3) is 0 Å². The van der Waals surface area contributed by atoms with E-state index in [0.29, 0.717) is 30.9 Å². The van der Waals surface area contributed by atoms with E-state index in [9.17, 15) is 0 Å². The largest absolute Gasteiger partial charge is 0.462 e. The Morgan fingerprint density at radius 3 is 0.920 bits per heavy atom. The minimum atomic E-state index is -0.868. The van der Waals surface area contributed by atoms with Gasteiger partial charge in [0.1, 0.15) is 12.1 Å². The average Bonchev–Trinajstić information content (AvgIpc) is 3.78. The molecule has 4 nitrogen and oxygen atoms in total. The molecule has 0 amide bonds. The molecule has 2 heterocycles. The third-order valence-corrected chi connectivity index (χ3v) is 9.22. The molecule has 2 aliphatic rings. The van der Waals surface area contributed by atoms with Crippen molar-refractivity contribution in [2.24, 2.45) is 9.98 Å². The summed E-state index contributed by atoms with van der Waals surface area (Å²) >= 11 is 0.569. The molecule has 0 aliphatic carbocycles. The summed E-state index contributed by atoms with van der Waals surface area (Å²) in [6, 6.07) is 61.9. The van der Waals surface area contributed by atoms with E-state index in [4.69, 9.17) is 39.8 Å². The molecule has 6 aromatic rings. The van der Waals surface area contributed by atoms with E-state index in [1.807, 2.05) is 36.4 Å². The quantitative estimate of drug-likeness (QED) is 0.146. The number of rotatable bonds is 8. The Bertz CT molecular complexity index is 1800. The first kappa shape index (κ1) is 33.8. The van der Waals surface area contributed by atoms with Crippen LogP contribution in [0.3, 0.4) is 0 Å². The number of nitrogens with zero attached hydrogens (tertiary/aromatic N) is 2. The molecular formula is C43H34Cl2N2NiO2. The SMILES string of the molecule is [Cl][Ni][Cl].c1ccc([C@H]2N=C(CC3=N[C@H](c4ccccc4)C(c4ccccc4)(c4ccccc4)O3)OC2(c2ccccc2)c2ccccc2)cc1. The Balaban J connectivity index is 0.00000126. The van der Waals surface area contributed by atoms with Crippen molar-refractivity contribution in [2.75, 3.05) is 0 Å². The number of halogens is 2. The zero-order chi connectivity index (χ0) is 34.2. The van der Waals surface area contributed by atoms with Gasteiger partial charge in [0, 0.05) is 22.3 Å². The van der Waals surface area contributed by atoms with Crippen LogP contribution in [0.4, 0.5) is 0 Å². The zero-order valence-corrected chi connectivity index (χ0v) is 29.5. The van der Waals surface area contributed by atoms with Crippen molar-refractivity contribution in [1.82, 2.24) is 0 Å². The van der Waals surface area contributed by atoms with Gasteiger partial charge in [-0.15, -0.1) is 0 Å². The second kappa shape index (κ2) is 15.5. The summed E-state index contributed by atoms with van der Waals surface area (Å²) in [7, 11) is 9.40. The van der Waals surface area contributed by atoms with Gasteiger partial charge in [-0.3, -0.25) is 0 Å². The fourth-order valence-corrected chi connectivity index (χ4v) is 7.13. The minimum Gasteiger partial charge on any atom is -0.462 e. The van der Waals surface area contributed by atoms with Crippen LogP contribution < -0.4 is 0 Å². The summed E-state index contributed by atoms with van der Waals surface area (Å²) in [5, 5.41) is 0. The first-order valence-electron chi connectivity index (χ1n) is 16.3. The summed E-state index contributed by atoms with van der Waals surface area (Å²) in [5.74, 6) is 1.18.